The van der Waals surface area contributed by atoms with Gasteiger partial charge in [0, 0.05) is 29.7 Å². The average Bonchev–Trinajstić information content (AvgIpc) is 2.68. The molecule has 1 saturated heterocycles. The van der Waals surface area contributed by atoms with Gasteiger partial charge in [-0.15, -0.1) is 0 Å². The fraction of sp³-hybridized carbons (Fsp3) is 0.409. The number of hydrogen-bond donors (Lipinski definition) is 1. The van der Waals surface area contributed by atoms with Gasteiger partial charge >= 0.3 is 0 Å². The molecule has 29 heavy (non-hydrogen) atoms. The van der Waals surface area contributed by atoms with Gasteiger partial charge in [0.25, 0.3) is 5.91 Å². The fourth-order valence-corrected chi connectivity index (χ4v) is 4.98. The van der Waals surface area contributed by atoms with E-state index in [-0.39, 0.29) is 22.3 Å². The predicted octanol–water partition coefficient (Wildman–Crippen LogP) is 4.22. The summed E-state index contributed by atoms with van der Waals surface area (Å²) in [6, 6.07) is 13.8. The number of carbonyl (C=O) groups excluding carboxylic acids is 1. The Hall–Kier alpha value is -1.89. The highest BCUT2D eigenvalue weighted by molar-refractivity contribution is 7.89. The van der Waals surface area contributed by atoms with Crippen molar-refractivity contribution < 1.29 is 13.2 Å². The summed E-state index contributed by atoms with van der Waals surface area (Å²) >= 11 is 5.85. The van der Waals surface area contributed by atoms with Gasteiger partial charge < -0.3 is 5.32 Å². The number of rotatable bonds is 4. The second kappa shape index (κ2) is 8.46. The number of nitrogens with one attached hydrogen (secondary N) is 1. The zero-order valence-corrected chi connectivity index (χ0v) is 18.6. The van der Waals surface area contributed by atoms with E-state index in [1.807, 2.05) is 24.3 Å². The smallest absolute Gasteiger partial charge is 0.251 e. The first-order chi connectivity index (χ1) is 13.6. The molecule has 0 atom stereocenters. The van der Waals surface area contributed by atoms with Crippen LogP contribution in [0.5, 0.6) is 0 Å². The van der Waals surface area contributed by atoms with Crippen molar-refractivity contribution in [1.29, 1.82) is 0 Å². The van der Waals surface area contributed by atoms with Crippen LogP contribution in [0.4, 0.5) is 0 Å². The second-order valence-corrected chi connectivity index (χ2v) is 10.8. The topological polar surface area (TPSA) is 66.5 Å². The van der Waals surface area contributed by atoms with Crippen LogP contribution in [-0.2, 0) is 15.4 Å². The van der Waals surface area contributed by atoms with E-state index >= 15 is 0 Å². The van der Waals surface area contributed by atoms with E-state index in [2.05, 4.69) is 26.1 Å². The summed E-state index contributed by atoms with van der Waals surface area (Å²) in [6.07, 6.45) is 1.16. The predicted molar refractivity (Wildman–Crippen MR) is 116 cm³/mol. The second-order valence-electron chi connectivity index (χ2n) is 8.43. The van der Waals surface area contributed by atoms with Crippen molar-refractivity contribution in [2.45, 2.75) is 50.0 Å². The van der Waals surface area contributed by atoms with Crippen molar-refractivity contribution >= 4 is 27.5 Å². The third-order valence-corrected chi connectivity index (χ3v) is 7.42. The molecule has 1 heterocycles. The lowest BCUT2D eigenvalue weighted by Gasteiger charge is -2.31. The zero-order chi connectivity index (χ0) is 21.2. The summed E-state index contributed by atoms with van der Waals surface area (Å²) in [7, 11) is -3.54. The lowest BCUT2D eigenvalue weighted by Crippen LogP contribution is -2.46. The molecule has 1 N–H and O–H groups in total. The molecule has 0 saturated carbocycles. The molecule has 2 aromatic carbocycles. The van der Waals surface area contributed by atoms with Gasteiger partial charge in [0.1, 0.15) is 0 Å². The van der Waals surface area contributed by atoms with Gasteiger partial charge in [-0.3, -0.25) is 4.79 Å². The largest absolute Gasteiger partial charge is 0.349 e. The lowest BCUT2D eigenvalue weighted by molar-refractivity contribution is 0.0924. The minimum Gasteiger partial charge on any atom is -0.349 e. The Morgan fingerprint density at radius 1 is 1.00 bits per heavy atom. The molecular formula is C22H27ClN2O3S. The SMILES string of the molecule is CC(C)(C)c1ccc(C(=O)NC2CCN(S(=O)(=O)c3ccc(Cl)cc3)CC2)cc1. The number of halogens is 1. The maximum absolute atomic E-state index is 12.8. The van der Waals surface area contributed by atoms with Crippen LogP contribution < -0.4 is 5.32 Å². The molecule has 1 amide bonds. The van der Waals surface area contributed by atoms with Gasteiger partial charge in [0.15, 0.2) is 0 Å². The number of piperidine rings is 1. The number of hydrogen-bond acceptors (Lipinski definition) is 3. The number of nitrogens with zero attached hydrogens (tertiary/aromatic N) is 1. The average molecular weight is 435 g/mol. The molecule has 0 aromatic heterocycles. The van der Waals surface area contributed by atoms with Gasteiger partial charge in [-0.25, -0.2) is 8.42 Å². The van der Waals surface area contributed by atoms with Crippen LogP contribution in [0.3, 0.4) is 0 Å². The van der Waals surface area contributed by atoms with Gasteiger partial charge in [-0.2, -0.15) is 4.31 Å². The molecule has 0 bridgehead atoms. The molecule has 156 valence electrons. The van der Waals surface area contributed by atoms with E-state index in [4.69, 9.17) is 11.6 Å². The minimum atomic E-state index is -3.54. The van der Waals surface area contributed by atoms with Crippen LogP contribution >= 0.6 is 11.6 Å². The number of amides is 1. The first-order valence-corrected chi connectivity index (χ1v) is 11.6. The third kappa shape index (κ3) is 5.18. The lowest BCUT2D eigenvalue weighted by atomic mass is 9.86. The molecule has 0 aliphatic carbocycles. The molecule has 3 rings (SSSR count). The van der Waals surface area contributed by atoms with Crippen molar-refractivity contribution in [2.24, 2.45) is 0 Å². The van der Waals surface area contributed by atoms with Crippen molar-refractivity contribution in [3.8, 4) is 0 Å². The highest BCUT2D eigenvalue weighted by Crippen LogP contribution is 2.24. The van der Waals surface area contributed by atoms with Crippen molar-refractivity contribution in [2.75, 3.05) is 13.1 Å². The van der Waals surface area contributed by atoms with Crippen LogP contribution in [0.2, 0.25) is 5.02 Å². The van der Waals surface area contributed by atoms with Gasteiger partial charge in [0.2, 0.25) is 10.0 Å². The number of benzene rings is 2. The quantitative estimate of drug-likeness (QED) is 0.783. The first kappa shape index (κ1) is 21.8. The van der Waals surface area contributed by atoms with Gasteiger partial charge in [-0.05, 0) is 60.2 Å². The molecule has 2 aromatic rings. The summed E-state index contributed by atoms with van der Waals surface area (Å²) in [5.41, 5.74) is 1.83. The van der Waals surface area contributed by atoms with Crippen LogP contribution in [0, 0.1) is 0 Å². The van der Waals surface area contributed by atoms with E-state index < -0.39 is 10.0 Å². The van der Waals surface area contributed by atoms with Crippen molar-refractivity contribution in [3.05, 3.63) is 64.7 Å². The Bertz CT molecular complexity index is 957. The van der Waals surface area contributed by atoms with Crippen molar-refractivity contribution in [1.82, 2.24) is 9.62 Å². The first-order valence-electron chi connectivity index (χ1n) is 9.74. The van der Waals surface area contributed by atoms with E-state index in [1.165, 1.54) is 22.0 Å². The molecular weight excluding hydrogens is 408 g/mol. The van der Waals surface area contributed by atoms with Crippen LogP contribution in [0.25, 0.3) is 0 Å². The minimum absolute atomic E-state index is 0.0391. The van der Waals surface area contributed by atoms with Gasteiger partial charge in [0.05, 0.1) is 4.90 Å². The third-order valence-electron chi connectivity index (χ3n) is 5.25. The van der Waals surface area contributed by atoms with Crippen LogP contribution in [0.15, 0.2) is 53.4 Å². The Morgan fingerprint density at radius 3 is 2.07 bits per heavy atom. The molecule has 0 spiro atoms. The summed E-state index contributed by atoms with van der Waals surface area (Å²) < 4.78 is 27.0. The van der Waals surface area contributed by atoms with E-state index in [0.29, 0.717) is 36.5 Å². The summed E-state index contributed by atoms with van der Waals surface area (Å²) in [5.74, 6) is -0.121. The molecule has 1 aliphatic heterocycles. The summed E-state index contributed by atoms with van der Waals surface area (Å²) in [5, 5.41) is 3.54. The summed E-state index contributed by atoms with van der Waals surface area (Å²) in [6.45, 7) is 7.15. The maximum atomic E-state index is 12.8. The highest BCUT2D eigenvalue weighted by Gasteiger charge is 2.30. The van der Waals surface area contributed by atoms with E-state index in [1.54, 1.807) is 12.1 Å². The molecule has 0 unspecified atom stereocenters. The Balaban J connectivity index is 1.58. The maximum Gasteiger partial charge on any atom is 0.251 e. The highest BCUT2D eigenvalue weighted by atomic mass is 35.5. The normalized spacial score (nSPS) is 16.6. The summed E-state index contributed by atoms with van der Waals surface area (Å²) in [4.78, 5) is 12.8. The standard InChI is InChI=1S/C22H27ClN2O3S/c1-22(2,3)17-6-4-16(5-7-17)21(26)24-19-12-14-25(15-13-19)29(27,28)20-10-8-18(23)9-11-20/h4-11,19H,12-15H2,1-3H3,(H,24,26). The number of carbonyl (C=O) groups is 1. The zero-order valence-electron chi connectivity index (χ0n) is 17.0. The van der Waals surface area contributed by atoms with Crippen LogP contribution in [0.1, 0.15) is 49.5 Å². The molecule has 7 heteroatoms. The Morgan fingerprint density at radius 2 is 1.55 bits per heavy atom. The monoisotopic (exact) mass is 434 g/mol. The number of sulfonamides is 1. The molecule has 1 aliphatic rings. The fourth-order valence-electron chi connectivity index (χ4n) is 3.39. The molecule has 5 nitrogen and oxygen atoms in total. The molecule has 1 fully saturated rings. The van der Waals surface area contributed by atoms with E-state index in [9.17, 15) is 13.2 Å². The van der Waals surface area contributed by atoms with Crippen LogP contribution in [-0.4, -0.2) is 37.8 Å². The van der Waals surface area contributed by atoms with E-state index in [0.717, 1.165) is 0 Å². The Labute approximate surface area is 178 Å². The van der Waals surface area contributed by atoms with Crippen molar-refractivity contribution in [3.63, 3.8) is 0 Å². The Kier molecular flexibility index (Phi) is 6.36. The molecule has 0 radical (unpaired) electrons. The van der Waals surface area contributed by atoms with Gasteiger partial charge in [-0.1, -0.05) is 44.5 Å².